The minimum atomic E-state index is 0.406. The molecule has 1 saturated heterocycles. The van der Waals surface area contributed by atoms with E-state index in [-0.39, 0.29) is 0 Å². The number of hydrogen-bond donors (Lipinski definition) is 1. The molecule has 2 nitrogen and oxygen atoms in total. The molecule has 2 heteroatoms. The van der Waals surface area contributed by atoms with Crippen LogP contribution in [0.25, 0.3) is 0 Å². The molecule has 1 aliphatic heterocycles. The summed E-state index contributed by atoms with van der Waals surface area (Å²) in [6, 6.07) is 0.406. The second kappa shape index (κ2) is 5.33. The fraction of sp³-hybridized carbons (Fsp3) is 0.800. The lowest BCUT2D eigenvalue weighted by atomic mass is 10.2. The molecule has 1 fully saturated rings. The molecule has 12 heavy (non-hydrogen) atoms. The van der Waals surface area contributed by atoms with Crippen LogP contribution in [-0.2, 0) is 0 Å². The molecule has 0 aliphatic carbocycles. The van der Waals surface area contributed by atoms with Crippen molar-refractivity contribution in [2.45, 2.75) is 38.6 Å². The molecular formula is C10H20N2. The third kappa shape index (κ3) is 3.37. The van der Waals surface area contributed by atoms with E-state index in [1.54, 1.807) is 0 Å². The molecule has 1 atom stereocenters. The number of nitrogens with zero attached hydrogens (tertiary/aromatic N) is 1. The molecule has 0 bridgehead atoms. The van der Waals surface area contributed by atoms with Crippen molar-refractivity contribution in [2.75, 3.05) is 13.1 Å². The summed E-state index contributed by atoms with van der Waals surface area (Å²) in [6.07, 6.45) is 7.39. The Balaban J connectivity index is 2.24. The van der Waals surface area contributed by atoms with Gasteiger partial charge < -0.3 is 0 Å². The summed E-state index contributed by atoms with van der Waals surface area (Å²) in [5.74, 6) is 0. The van der Waals surface area contributed by atoms with Gasteiger partial charge in [-0.05, 0) is 19.8 Å². The van der Waals surface area contributed by atoms with Crippen molar-refractivity contribution < 1.29 is 0 Å². The predicted octanol–water partition coefficient (Wildman–Crippen LogP) is 1.94. The molecule has 0 radical (unpaired) electrons. The van der Waals surface area contributed by atoms with Gasteiger partial charge in [0.1, 0.15) is 0 Å². The third-order valence-corrected chi connectivity index (χ3v) is 2.35. The van der Waals surface area contributed by atoms with Crippen LogP contribution in [0.4, 0.5) is 0 Å². The van der Waals surface area contributed by atoms with Gasteiger partial charge in [-0.2, -0.15) is 0 Å². The Bertz CT molecular complexity index is 126. The van der Waals surface area contributed by atoms with Gasteiger partial charge in [-0.3, -0.25) is 0 Å². The first-order valence-corrected chi connectivity index (χ1v) is 4.96. The topological polar surface area (TPSA) is 15.3 Å². The molecule has 0 saturated carbocycles. The van der Waals surface area contributed by atoms with Crippen LogP contribution in [0.1, 0.15) is 32.6 Å². The molecule has 0 aromatic carbocycles. The monoisotopic (exact) mass is 168 g/mol. The summed E-state index contributed by atoms with van der Waals surface area (Å²) in [5, 5.41) is 2.33. The summed E-state index contributed by atoms with van der Waals surface area (Å²) >= 11 is 0. The average Bonchev–Trinajstić information content (AvgIpc) is 2.33. The zero-order valence-corrected chi connectivity index (χ0v) is 8.05. The van der Waals surface area contributed by atoms with Crippen molar-refractivity contribution in [3.8, 4) is 0 Å². The van der Waals surface area contributed by atoms with Gasteiger partial charge >= 0.3 is 0 Å². The highest BCUT2D eigenvalue weighted by Crippen LogP contribution is 2.07. The number of hydrazine groups is 1. The minimum absolute atomic E-state index is 0.406. The SMILES string of the molecule is C=CC(C)NN1CCCCCC1. The normalized spacial score (nSPS) is 23.1. The smallest absolute Gasteiger partial charge is 0.0364 e. The standard InChI is InChI=1S/C10H20N2/c1-3-10(2)11-12-8-6-4-5-7-9-12/h3,10-11H,1,4-9H2,2H3. The van der Waals surface area contributed by atoms with Gasteiger partial charge in [-0.25, -0.2) is 10.4 Å². The van der Waals surface area contributed by atoms with E-state index < -0.39 is 0 Å². The van der Waals surface area contributed by atoms with Crippen LogP contribution in [0.15, 0.2) is 12.7 Å². The molecule has 70 valence electrons. The molecule has 0 aromatic rings. The van der Waals surface area contributed by atoms with Crippen LogP contribution < -0.4 is 5.43 Å². The van der Waals surface area contributed by atoms with E-state index in [0.717, 1.165) is 0 Å². The van der Waals surface area contributed by atoms with Crippen molar-refractivity contribution in [2.24, 2.45) is 0 Å². The maximum atomic E-state index is 3.76. The summed E-state index contributed by atoms with van der Waals surface area (Å²) in [6.45, 7) is 8.28. The maximum Gasteiger partial charge on any atom is 0.0364 e. The van der Waals surface area contributed by atoms with E-state index in [4.69, 9.17) is 0 Å². The van der Waals surface area contributed by atoms with E-state index in [2.05, 4.69) is 23.9 Å². The molecule has 1 rings (SSSR count). The molecule has 1 N–H and O–H groups in total. The Kier molecular flexibility index (Phi) is 4.33. The molecular weight excluding hydrogens is 148 g/mol. The Morgan fingerprint density at radius 1 is 1.25 bits per heavy atom. The van der Waals surface area contributed by atoms with E-state index in [1.165, 1.54) is 38.8 Å². The van der Waals surface area contributed by atoms with Crippen molar-refractivity contribution in [1.29, 1.82) is 0 Å². The highest BCUT2D eigenvalue weighted by molar-refractivity contribution is 4.80. The largest absolute Gasteiger partial charge is 0.249 e. The number of nitrogens with one attached hydrogen (secondary N) is 1. The molecule has 1 unspecified atom stereocenters. The predicted molar refractivity (Wildman–Crippen MR) is 52.8 cm³/mol. The number of rotatable bonds is 3. The van der Waals surface area contributed by atoms with Gasteiger partial charge in [0.25, 0.3) is 0 Å². The Morgan fingerprint density at radius 3 is 2.33 bits per heavy atom. The Labute approximate surface area is 75.6 Å². The molecule has 1 aliphatic rings. The van der Waals surface area contributed by atoms with Crippen LogP contribution in [-0.4, -0.2) is 24.1 Å². The fourth-order valence-electron chi connectivity index (χ4n) is 1.54. The van der Waals surface area contributed by atoms with Gasteiger partial charge in [0, 0.05) is 19.1 Å². The molecule has 0 spiro atoms. The molecule has 1 heterocycles. The van der Waals surface area contributed by atoms with Gasteiger partial charge in [-0.15, -0.1) is 6.58 Å². The van der Waals surface area contributed by atoms with Crippen LogP contribution in [0.5, 0.6) is 0 Å². The average molecular weight is 168 g/mol. The van der Waals surface area contributed by atoms with Crippen molar-refractivity contribution in [1.82, 2.24) is 10.4 Å². The summed E-state index contributed by atoms with van der Waals surface area (Å²) in [5.41, 5.74) is 3.42. The first kappa shape index (κ1) is 9.75. The zero-order chi connectivity index (χ0) is 8.81. The lowest BCUT2D eigenvalue weighted by molar-refractivity contribution is 0.182. The van der Waals surface area contributed by atoms with Crippen LogP contribution in [0, 0.1) is 0 Å². The lowest BCUT2D eigenvalue weighted by Crippen LogP contribution is -2.43. The van der Waals surface area contributed by atoms with Crippen molar-refractivity contribution in [3.63, 3.8) is 0 Å². The number of hydrogen-bond acceptors (Lipinski definition) is 2. The van der Waals surface area contributed by atoms with Gasteiger partial charge in [0.15, 0.2) is 0 Å². The quantitative estimate of drug-likeness (QED) is 0.648. The highest BCUT2D eigenvalue weighted by atomic mass is 15.5. The fourth-order valence-corrected chi connectivity index (χ4v) is 1.54. The van der Waals surface area contributed by atoms with Crippen LogP contribution in [0.2, 0.25) is 0 Å². The summed E-state index contributed by atoms with van der Waals surface area (Å²) in [7, 11) is 0. The van der Waals surface area contributed by atoms with E-state index in [0.29, 0.717) is 6.04 Å². The lowest BCUT2D eigenvalue weighted by Gasteiger charge is -2.23. The van der Waals surface area contributed by atoms with Crippen LogP contribution >= 0.6 is 0 Å². The maximum absolute atomic E-state index is 3.76. The van der Waals surface area contributed by atoms with Gasteiger partial charge in [-0.1, -0.05) is 18.9 Å². The molecule has 0 amide bonds. The molecule has 0 aromatic heterocycles. The second-order valence-electron chi connectivity index (χ2n) is 3.55. The van der Waals surface area contributed by atoms with Crippen LogP contribution in [0.3, 0.4) is 0 Å². The Hall–Kier alpha value is -0.340. The first-order chi connectivity index (χ1) is 5.83. The van der Waals surface area contributed by atoms with E-state index >= 15 is 0 Å². The Morgan fingerprint density at radius 2 is 1.83 bits per heavy atom. The van der Waals surface area contributed by atoms with Gasteiger partial charge in [0.05, 0.1) is 0 Å². The van der Waals surface area contributed by atoms with Crippen molar-refractivity contribution in [3.05, 3.63) is 12.7 Å². The minimum Gasteiger partial charge on any atom is -0.249 e. The summed E-state index contributed by atoms with van der Waals surface area (Å²) in [4.78, 5) is 0. The van der Waals surface area contributed by atoms with E-state index in [1.807, 2.05) is 6.08 Å². The van der Waals surface area contributed by atoms with Gasteiger partial charge in [0.2, 0.25) is 0 Å². The zero-order valence-electron chi connectivity index (χ0n) is 8.05. The highest BCUT2D eigenvalue weighted by Gasteiger charge is 2.09. The van der Waals surface area contributed by atoms with Crippen molar-refractivity contribution >= 4 is 0 Å². The third-order valence-electron chi connectivity index (χ3n) is 2.35. The van der Waals surface area contributed by atoms with E-state index in [9.17, 15) is 0 Å². The second-order valence-corrected chi connectivity index (χ2v) is 3.55. The first-order valence-electron chi connectivity index (χ1n) is 4.96. The summed E-state index contributed by atoms with van der Waals surface area (Å²) < 4.78 is 0.